The van der Waals surface area contributed by atoms with Crippen LogP contribution < -0.4 is 21.9 Å². The zero-order valence-electron chi connectivity index (χ0n) is 11.3. The molecule has 1 fully saturated rings. The smallest absolute Gasteiger partial charge is 0.332 e. The first-order valence-electron chi connectivity index (χ1n) is 6.46. The van der Waals surface area contributed by atoms with Crippen molar-refractivity contribution in [1.29, 1.82) is 0 Å². The van der Waals surface area contributed by atoms with E-state index >= 15 is 0 Å². The molecule has 0 aromatic carbocycles. The summed E-state index contributed by atoms with van der Waals surface area (Å²) in [6, 6.07) is 0. The number of hydrogen-bond acceptors (Lipinski definition) is 5. The maximum Gasteiger partial charge on any atom is 0.332 e. The van der Waals surface area contributed by atoms with E-state index in [-0.39, 0.29) is 29.6 Å². The number of rotatable bonds is 4. The van der Waals surface area contributed by atoms with Crippen LogP contribution in [0.3, 0.4) is 0 Å². The van der Waals surface area contributed by atoms with E-state index in [1.165, 1.54) is 11.6 Å². The normalized spacial score (nSPS) is 15.6. The molecule has 2 heterocycles. The fourth-order valence-electron chi connectivity index (χ4n) is 2.37. The molecule has 2 rings (SSSR count). The van der Waals surface area contributed by atoms with Gasteiger partial charge in [-0.1, -0.05) is 6.92 Å². The minimum Gasteiger partial charge on any atom is -0.396 e. The van der Waals surface area contributed by atoms with Crippen molar-refractivity contribution in [2.24, 2.45) is 13.0 Å². The lowest BCUT2D eigenvalue weighted by molar-refractivity contribution is 0.200. The van der Waals surface area contributed by atoms with E-state index in [0.717, 1.165) is 11.0 Å². The Hall–Kier alpha value is -1.76. The predicted molar refractivity (Wildman–Crippen MR) is 73.4 cm³/mol. The maximum atomic E-state index is 12.2. The average Bonchev–Trinajstić information content (AvgIpc) is 2.35. The molecule has 0 bridgehead atoms. The molecule has 1 aromatic heterocycles. The molecule has 0 amide bonds. The van der Waals surface area contributed by atoms with E-state index in [0.29, 0.717) is 25.3 Å². The van der Waals surface area contributed by atoms with Gasteiger partial charge < -0.3 is 15.7 Å². The van der Waals surface area contributed by atoms with Crippen molar-refractivity contribution in [1.82, 2.24) is 9.13 Å². The van der Waals surface area contributed by atoms with E-state index < -0.39 is 0 Å². The summed E-state index contributed by atoms with van der Waals surface area (Å²) in [5.74, 6) is 0.405. The molecule has 7 heteroatoms. The van der Waals surface area contributed by atoms with Crippen LogP contribution in [0.1, 0.15) is 13.3 Å². The number of aliphatic hydroxyl groups is 1. The van der Waals surface area contributed by atoms with Gasteiger partial charge in [-0.2, -0.15) is 0 Å². The Morgan fingerprint density at radius 3 is 2.53 bits per heavy atom. The van der Waals surface area contributed by atoms with E-state index in [4.69, 9.17) is 10.8 Å². The van der Waals surface area contributed by atoms with E-state index in [2.05, 4.69) is 0 Å². The summed E-state index contributed by atoms with van der Waals surface area (Å²) in [6.45, 7) is 3.73. The Kier molecular flexibility index (Phi) is 3.66. The van der Waals surface area contributed by atoms with Crippen LogP contribution in [0.15, 0.2) is 9.59 Å². The minimum atomic E-state index is -0.382. The third-order valence-corrected chi connectivity index (χ3v) is 3.54. The lowest BCUT2D eigenvalue weighted by Gasteiger charge is -2.40. The van der Waals surface area contributed by atoms with Crippen molar-refractivity contribution in [3.05, 3.63) is 20.8 Å². The van der Waals surface area contributed by atoms with Crippen molar-refractivity contribution in [2.75, 3.05) is 30.3 Å². The zero-order chi connectivity index (χ0) is 14.2. The van der Waals surface area contributed by atoms with Gasteiger partial charge in [0.05, 0.1) is 0 Å². The van der Waals surface area contributed by atoms with Crippen LogP contribution >= 0.6 is 0 Å². The van der Waals surface area contributed by atoms with Crippen LogP contribution in [-0.4, -0.2) is 33.9 Å². The molecule has 1 saturated heterocycles. The second-order valence-corrected chi connectivity index (χ2v) is 4.99. The maximum absolute atomic E-state index is 12.2. The highest BCUT2D eigenvalue weighted by Gasteiger charge is 2.31. The van der Waals surface area contributed by atoms with Crippen LogP contribution in [0.2, 0.25) is 0 Å². The molecule has 19 heavy (non-hydrogen) atoms. The van der Waals surface area contributed by atoms with Gasteiger partial charge in [-0.3, -0.25) is 13.9 Å². The molecule has 0 atom stereocenters. The Bertz CT molecular complexity index is 584. The van der Waals surface area contributed by atoms with Gasteiger partial charge in [0.1, 0.15) is 11.5 Å². The van der Waals surface area contributed by atoms with Gasteiger partial charge in [-0.15, -0.1) is 0 Å². The van der Waals surface area contributed by atoms with Gasteiger partial charge in [-0.05, 0) is 6.42 Å². The van der Waals surface area contributed by atoms with Crippen LogP contribution in [0.4, 0.5) is 11.5 Å². The lowest BCUT2D eigenvalue weighted by Crippen LogP contribution is -2.53. The number of nitrogen functional groups attached to an aromatic ring is 1. The van der Waals surface area contributed by atoms with Crippen molar-refractivity contribution in [2.45, 2.75) is 19.9 Å². The molecule has 1 aromatic rings. The summed E-state index contributed by atoms with van der Waals surface area (Å²) < 4.78 is 2.52. The molecule has 0 aliphatic carbocycles. The largest absolute Gasteiger partial charge is 0.396 e. The van der Waals surface area contributed by atoms with Crippen molar-refractivity contribution in [3.8, 4) is 0 Å². The van der Waals surface area contributed by atoms with Crippen LogP contribution in [-0.2, 0) is 13.6 Å². The van der Waals surface area contributed by atoms with Crippen LogP contribution in [0, 0.1) is 5.92 Å². The number of nitrogens with zero attached hydrogens (tertiary/aromatic N) is 3. The Labute approximate surface area is 110 Å². The van der Waals surface area contributed by atoms with E-state index in [1.54, 1.807) is 0 Å². The standard InChI is InChI=1S/C12H20N4O3/c1-3-4-16-10(13)9(11(18)14(2)12(16)19)15-5-8(6-15)7-17/h8,17H,3-7,13H2,1-2H3. The van der Waals surface area contributed by atoms with Gasteiger partial charge >= 0.3 is 5.69 Å². The van der Waals surface area contributed by atoms with E-state index in [1.807, 2.05) is 11.8 Å². The molecule has 106 valence electrons. The number of anilines is 2. The second-order valence-electron chi connectivity index (χ2n) is 4.99. The third-order valence-electron chi connectivity index (χ3n) is 3.54. The molecule has 0 radical (unpaired) electrons. The van der Waals surface area contributed by atoms with Crippen molar-refractivity contribution in [3.63, 3.8) is 0 Å². The molecule has 1 aliphatic heterocycles. The van der Waals surface area contributed by atoms with Crippen LogP contribution in [0.5, 0.6) is 0 Å². The van der Waals surface area contributed by atoms with Crippen LogP contribution in [0.25, 0.3) is 0 Å². The Morgan fingerprint density at radius 2 is 2.00 bits per heavy atom. The SMILES string of the molecule is CCCn1c(N)c(N2CC(CO)C2)c(=O)n(C)c1=O. The minimum absolute atomic E-state index is 0.102. The molecule has 0 saturated carbocycles. The topological polar surface area (TPSA) is 93.5 Å². The lowest BCUT2D eigenvalue weighted by atomic mass is 10.0. The first kappa shape index (κ1) is 13.7. The molecule has 0 spiro atoms. The van der Waals surface area contributed by atoms with Gasteiger partial charge in [0.25, 0.3) is 5.56 Å². The van der Waals surface area contributed by atoms with Gasteiger partial charge in [0.2, 0.25) is 0 Å². The van der Waals surface area contributed by atoms with E-state index in [9.17, 15) is 9.59 Å². The van der Waals surface area contributed by atoms with Gasteiger partial charge in [0, 0.05) is 39.2 Å². The Morgan fingerprint density at radius 1 is 1.37 bits per heavy atom. The molecule has 3 N–H and O–H groups in total. The fourth-order valence-corrected chi connectivity index (χ4v) is 2.37. The first-order valence-corrected chi connectivity index (χ1v) is 6.46. The summed E-state index contributed by atoms with van der Waals surface area (Å²) in [7, 11) is 1.46. The monoisotopic (exact) mass is 268 g/mol. The highest BCUT2D eigenvalue weighted by Crippen LogP contribution is 2.25. The van der Waals surface area contributed by atoms with Crippen molar-refractivity contribution < 1.29 is 5.11 Å². The highest BCUT2D eigenvalue weighted by atomic mass is 16.3. The molecule has 0 unspecified atom stereocenters. The number of hydrogen-bond donors (Lipinski definition) is 2. The summed E-state index contributed by atoms with van der Waals surface area (Å²) in [5.41, 5.74) is 5.61. The van der Waals surface area contributed by atoms with Gasteiger partial charge in [-0.25, -0.2) is 4.79 Å². The molecule has 7 nitrogen and oxygen atoms in total. The third kappa shape index (κ3) is 2.14. The van der Waals surface area contributed by atoms with Crippen molar-refractivity contribution >= 4 is 11.5 Å². The number of aromatic nitrogens is 2. The Balaban J connectivity index is 2.49. The summed E-state index contributed by atoms with van der Waals surface area (Å²) in [6.07, 6.45) is 0.765. The fraction of sp³-hybridized carbons (Fsp3) is 0.667. The second kappa shape index (κ2) is 5.08. The summed E-state index contributed by atoms with van der Waals surface area (Å²) in [4.78, 5) is 26.0. The highest BCUT2D eigenvalue weighted by molar-refractivity contribution is 5.64. The number of nitrogens with two attached hydrogens (primary N) is 1. The summed E-state index contributed by atoms with van der Waals surface area (Å²) >= 11 is 0. The zero-order valence-corrected chi connectivity index (χ0v) is 11.3. The number of aliphatic hydroxyl groups excluding tert-OH is 1. The quantitative estimate of drug-likeness (QED) is 0.728. The molecular formula is C12H20N4O3. The predicted octanol–water partition coefficient (Wildman–Crippen LogP) is -1.03. The average molecular weight is 268 g/mol. The first-order chi connectivity index (χ1) is 9.01. The molecular weight excluding hydrogens is 248 g/mol. The molecule has 1 aliphatic rings. The summed E-state index contributed by atoms with van der Waals surface area (Å²) in [5, 5.41) is 9.03. The van der Waals surface area contributed by atoms with Gasteiger partial charge in [0.15, 0.2) is 0 Å².